The minimum absolute atomic E-state index is 0.00214. The summed E-state index contributed by atoms with van der Waals surface area (Å²) in [5.74, 6) is -2.38. The monoisotopic (exact) mass is 341 g/mol. The van der Waals surface area contributed by atoms with Gasteiger partial charge in [-0.15, -0.1) is 0 Å². The van der Waals surface area contributed by atoms with Gasteiger partial charge in [-0.3, -0.25) is 9.59 Å². The molecular weight excluding hydrogens is 329 g/mol. The molecular formula is C14H13BrFNO3. The van der Waals surface area contributed by atoms with E-state index in [4.69, 9.17) is 0 Å². The van der Waals surface area contributed by atoms with Crippen LogP contribution in [0.25, 0.3) is 0 Å². The van der Waals surface area contributed by atoms with Crippen LogP contribution in [0.5, 0.6) is 0 Å². The van der Waals surface area contributed by atoms with Crippen molar-refractivity contribution in [1.29, 1.82) is 0 Å². The molecule has 2 aliphatic heterocycles. The molecule has 3 rings (SSSR count). The third-order valence-electron chi connectivity index (χ3n) is 4.27. The number of rotatable bonds is 2. The summed E-state index contributed by atoms with van der Waals surface area (Å²) < 4.78 is 14.3. The van der Waals surface area contributed by atoms with Crippen LogP contribution < -0.4 is 0 Å². The van der Waals surface area contributed by atoms with Crippen molar-refractivity contribution in [2.24, 2.45) is 5.92 Å². The number of amides is 1. The zero-order valence-corrected chi connectivity index (χ0v) is 12.1. The number of aliphatic carboxylic acids is 1. The number of carboxylic acids is 1. The number of fused-ring (bicyclic) bond motifs is 2. The maximum absolute atomic E-state index is 14.0. The third-order valence-corrected chi connectivity index (χ3v) is 4.88. The summed E-state index contributed by atoms with van der Waals surface area (Å²) in [6, 6.07) is 4.20. The van der Waals surface area contributed by atoms with Crippen LogP contribution >= 0.6 is 15.9 Å². The molecule has 0 radical (unpaired) electrons. The number of carbonyl (C=O) groups excluding carboxylic acids is 1. The molecule has 2 fully saturated rings. The van der Waals surface area contributed by atoms with Gasteiger partial charge < -0.3 is 10.0 Å². The highest BCUT2D eigenvalue weighted by Gasteiger charge is 2.51. The Morgan fingerprint density at radius 1 is 1.35 bits per heavy atom. The van der Waals surface area contributed by atoms with Crippen LogP contribution in [0.4, 0.5) is 4.39 Å². The minimum atomic E-state index is -0.871. The van der Waals surface area contributed by atoms with E-state index in [-0.39, 0.29) is 22.1 Å². The Labute approximate surface area is 123 Å². The van der Waals surface area contributed by atoms with E-state index >= 15 is 0 Å². The van der Waals surface area contributed by atoms with Crippen LogP contribution in [-0.2, 0) is 4.79 Å². The molecule has 106 valence electrons. The lowest BCUT2D eigenvalue weighted by Gasteiger charge is -2.23. The van der Waals surface area contributed by atoms with Crippen molar-refractivity contribution < 1.29 is 19.1 Å². The molecule has 0 saturated carbocycles. The van der Waals surface area contributed by atoms with E-state index in [9.17, 15) is 19.1 Å². The number of carboxylic acid groups (broad SMARTS) is 1. The lowest BCUT2D eigenvalue weighted by molar-refractivity contribution is -0.142. The highest BCUT2D eigenvalue weighted by Crippen LogP contribution is 2.42. The van der Waals surface area contributed by atoms with Crippen molar-refractivity contribution in [3.63, 3.8) is 0 Å². The fraction of sp³-hybridized carbons (Fsp3) is 0.429. The second kappa shape index (κ2) is 4.84. The lowest BCUT2D eigenvalue weighted by Crippen LogP contribution is -2.38. The molecule has 1 amide bonds. The normalized spacial score (nSPS) is 27.9. The molecule has 2 aliphatic rings. The molecule has 0 aromatic heterocycles. The van der Waals surface area contributed by atoms with Crippen LogP contribution in [0.2, 0.25) is 0 Å². The topological polar surface area (TPSA) is 57.6 Å². The Morgan fingerprint density at radius 3 is 2.75 bits per heavy atom. The third kappa shape index (κ3) is 1.93. The van der Waals surface area contributed by atoms with E-state index in [1.807, 2.05) is 0 Å². The van der Waals surface area contributed by atoms with Crippen molar-refractivity contribution >= 4 is 27.8 Å². The second-order valence-electron chi connectivity index (χ2n) is 5.29. The van der Waals surface area contributed by atoms with E-state index in [1.54, 1.807) is 11.0 Å². The number of nitrogens with zero attached hydrogens (tertiary/aromatic N) is 1. The minimum Gasteiger partial charge on any atom is -0.481 e. The standard InChI is InChI=1S/C14H13BrFNO3/c15-10-3-1-2-8(12(10)16)13(18)17-7-4-5-11(17)9(6-7)14(19)20/h1-3,7,9,11H,4-6H2,(H,19,20). The maximum Gasteiger partial charge on any atom is 0.308 e. The summed E-state index contributed by atoms with van der Waals surface area (Å²) >= 11 is 3.06. The summed E-state index contributed by atoms with van der Waals surface area (Å²) in [7, 11) is 0. The lowest BCUT2D eigenvalue weighted by atomic mass is 9.89. The summed E-state index contributed by atoms with van der Waals surface area (Å²) in [5, 5.41) is 9.18. The highest BCUT2D eigenvalue weighted by molar-refractivity contribution is 9.10. The van der Waals surface area contributed by atoms with Gasteiger partial charge >= 0.3 is 5.97 Å². The first kappa shape index (κ1) is 13.5. The smallest absolute Gasteiger partial charge is 0.308 e. The van der Waals surface area contributed by atoms with Gasteiger partial charge in [0.2, 0.25) is 0 Å². The molecule has 20 heavy (non-hydrogen) atoms. The molecule has 2 heterocycles. The Bertz CT molecular complexity index is 592. The van der Waals surface area contributed by atoms with Crippen molar-refractivity contribution in [2.45, 2.75) is 31.3 Å². The molecule has 1 N–H and O–H groups in total. The summed E-state index contributed by atoms with van der Waals surface area (Å²) in [6.45, 7) is 0. The van der Waals surface area contributed by atoms with E-state index in [0.717, 1.165) is 6.42 Å². The van der Waals surface area contributed by atoms with Gasteiger partial charge in [-0.05, 0) is 47.3 Å². The van der Waals surface area contributed by atoms with Gasteiger partial charge in [-0.25, -0.2) is 4.39 Å². The van der Waals surface area contributed by atoms with Crippen molar-refractivity contribution in [3.05, 3.63) is 34.1 Å². The maximum atomic E-state index is 14.0. The molecule has 6 heteroatoms. The number of benzene rings is 1. The van der Waals surface area contributed by atoms with Crippen LogP contribution in [0.3, 0.4) is 0 Å². The Hall–Kier alpha value is -1.43. The zero-order chi connectivity index (χ0) is 14.4. The molecule has 0 spiro atoms. The SMILES string of the molecule is O=C(O)C1CC2CCC1N2C(=O)c1cccc(Br)c1F. The average Bonchev–Trinajstić information content (AvgIpc) is 2.98. The van der Waals surface area contributed by atoms with Gasteiger partial charge in [0.1, 0.15) is 5.82 Å². The predicted molar refractivity (Wildman–Crippen MR) is 72.8 cm³/mol. The van der Waals surface area contributed by atoms with Crippen molar-refractivity contribution in [1.82, 2.24) is 4.90 Å². The van der Waals surface area contributed by atoms with Gasteiger partial charge in [0, 0.05) is 12.1 Å². The number of halogens is 2. The van der Waals surface area contributed by atoms with Crippen LogP contribution in [-0.4, -0.2) is 34.0 Å². The zero-order valence-electron chi connectivity index (χ0n) is 10.6. The molecule has 4 nitrogen and oxygen atoms in total. The Balaban J connectivity index is 1.92. The number of hydrogen-bond acceptors (Lipinski definition) is 2. The van der Waals surface area contributed by atoms with Gasteiger partial charge in [0.05, 0.1) is 16.0 Å². The van der Waals surface area contributed by atoms with Gasteiger partial charge in [0.25, 0.3) is 5.91 Å². The van der Waals surface area contributed by atoms with Gasteiger partial charge in [-0.2, -0.15) is 0 Å². The second-order valence-corrected chi connectivity index (χ2v) is 6.15. The molecule has 0 aliphatic carbocycles. The van der Waals surface area contributed by atoms with Gasteiger partial charge in [-0.1, -0.05) is 6.07 Å². The number of carbonyl (C=O) groups is 2. The van der Waals surface area contributed by atoms with E-state index < -0.39 is 23.6 Å². The summed E-state index contributed by atoms with van der Waals surface area (Å²) in [6.07, 6.45) is 1.96. The first-order valence-electron chi connectivity index (χ1n) is 6.50. The van der Waals surface area contributed by atoms with E-state index in [2.05, 4.69) is 15.9 Å². The molecule has 2 bridgehead atoms. The predicted octanol–water partition coefficient (Wildman–Crippen LogP) is 2.67. The van der Waals surface area contributed by atoms with Gasteiger partial charge in [0.15, 0.2) is 0 Å². The first-order valence-corrected chi connectivity index (χ1v) is 7.29. The number of hydrogen-bond donors (Lipinski definition) is 1. The van der Waals surface area contributed by atoms with Crippen molar-refractivity contribution in [3.8, 4) is 0 Å². The Morgan fingerprint density at radius 2 is 2.10 bits per heavy atom. The fourth-order valence-corrected chi connectivity index (χ4v) is 3.74. The largest absolute Gasteiger partial charge is 0.481 e. The van der Waals surface area contributed by atoms with E-state index in [1.165, 1.54) is 12.1 Å². The highest BCUT2D eigenvalue weighted by atomic mass is 79.9. The fourth-order valence-electron chi connectivity index (χ4n) is 3.38. The van der Waals surface area contributed by atoms with Crippen molar-refractivity contribution in [2.75, 3.05) is 0 Å². The molecule has 3 atom stereocenters. The summed E-state index contributed by atoms with van der Waals surface area (Å²) in [4.78, 5) is 25.3. The molecule has 1 aromatic carbocycles. The van der Waals surface area contributed by atoms with Crippen LogP contribution in [0, 0.1) is 11.7 Å². The Kier molecular flexibility index (Phi) is 3.28. The summed E-state index contributed by atoms with van der Waals surface area (Å²) in [5.41, 5.74) is 0.00214. The van der Waals surface area contributed by atoms with Crippen LogP contribution in [0.15, 0.2) is 22.7 Å². The van der Waals surface area contributed by atoms with Crippen LogP contribution in [0.1, 0.15) is 29.6 Å². The quantitative estimate of drug-likeness (QED) is 0.899. The average molecular weight is 342 g/mol. The molecule has 1 aromatic rings. The molecule has 3 unspecified atom stereocenters. The molecule has 2 saturated heterocycles. The first-order chi connectivity index (χ1) is 9.50. The van der Waals surface area contributed by atoms with E-state index in [0.29, 0.717) is 12.8 Å².